The number of ether oxygens (including phenoxy) is 3. The van der Waals surface area contributed by atoms with Crippen molar-refractivity contribution in [2.75, 3.05) is 14.2 Å². The van der Waals surface area contributed by atoms with Crippen LogP contribution < -0.4 is 14.2 Å². The SMILES string of the molecule is CCC(=O)N(Cc1csc(COc2c(OC)cccc2OC)n1)C1CC1. The molecule has 140 valence electrons. The van der Waals surface area contributed by atoms with Crippen LogP contribution in [0.2, 0.25) is 0 Å². The van der Waals surface area contributed by atoms with E-state index in [0.717, 1.165) is 23.5 Å². The van der Waals surface area contributed by atoms with Crippen molar-refractivity contribution in [3.63, 3.8) is 0 Å². The molecule has 0 spiro atoms. The third-order valence-electron chi connectivity index (χ3n) is 4.26. The number of hydrogen-bond acceptors (Lipinski definition) is 6. The summed E-state index contributed by atoms with van der Waals surface area (Å²) in [5.41, 5.74) is 0.911. The summed E-state index contributed by atoms with van der Waals surface area (Å²) in [6.07, 6.45) is 2.73. The van der Waals surface area contributed by atoms with E-state index in [-0.39, 0.29) is 5.91 Å². The zero-order valence-electron chi connectivity index (χ0n) is 15.4. The van der Waals surface area contributed by atoms with E-state index >= 15 is 0 Å². The maximum absolute atomic E-state index is 12.1. The van der Waals surface area contributed by atoms with E-state index in [1.54, 1.807) is 14.2 Å². The maximum atomic E-state index is 12.1. The fourth-order valence-corrected chi connectivity index (χ4v) is 3.46. The molecule has 1 saturated carbocycles. The van der Waals surface area contributed by atoms with Crippen LogP contribution in [-0.4, -0.2) is 36.1 Å². The number of nitrogens with zero attached hydrogens (tertiary/aromatic N) is 2. The summed E-state index contributed by atoms with van der Waals surface area (Å²) in [7, 11) is 3.20. The summed E-state index contributed by atoms with van der Waals surface area (Å²) in [6, 6.07) is 5.90. The highest BCUT2D eigenvalue weighted by molar-refractivity contribution is 7.09. The second kappa shape index (κ2) is 8.40. The number of hydrogen-bond donors (Lipinski definition) is 0. The molecule has 0 unspecified atom stereocenters. The van der Waals surface area contributed by atoms with Crippen molar-refractivity contribution in [3.8, 4) is 17.2 Å². The Hall–Kier alpha value is -2.28. The molecule has 1 aromatic heterocycles. The Labute approximate surface area is 157 Å². The number of benzene rings is 1. The first kappa shape index (κ1) is 18.5. The van der Waals surface area contributed by atoms with E-state index in [0.29, 0.717) is 42.9 Å². The Morgan fingerprint density at radius 2 is 1.96 bits per heavy atom. The number of rotatable bonds is 9. The largest absolute Gasteiger partial charge is 0.493 e. The molecule has 0 saturated heterocycles. The van der Waals surface area contributed by atoms with Crippen molar-refractivity contribution in [1.29, 1.82) is 0 Å². The second-order valence-electron chi connectivity index (χ2n) is 6.12. The molecule has 0 N–H and O–H groups in total. The van der Waals surface area contributed by atoms with Gasteiger partial charge in [0.25, 0.3) is 0 Å². The van der Waals surface area contributed by atoms with Gasteiger partial charge in [0.15, 0.2) is 11.5 Å². The van der Waals surface area contributed by atoms with Crippen LogP contribution >= 0.6 is 11.3 Å². The van der Waals surface area contributed by atoms with Crippen molar-refractivity contribution in [2.45, 2.75) is 45.4 Å². The topological polar surface area (TPSA) is 60.9 Å². The van der Waals surface area contributed by atoms with Gasteiger partial charge in [-0.1, -0.05) is 13.0 Å². The molecule has 26 heavy (non-hydrogen) atoms. The summed E-state index contributed by atoms with van der Waals surface area (Å²) in [5.74, 6) is 2.00. The fraction of sp³-hybridized carbons (Fsp3) is 0.474. The molecule has 1 aliphatic carbocycles. The summed E-state index contributed by atoms with van der Waals surface area (Å²) < 4.78 is 16.6. The van der Waals surface area contributed by atoms with Crippen LogP contribution in [0.4, 0.5) is 0 Å². The van der Waals surface area contributed by atoms with E-state index in [1.807, 2.05) is 35.4 Å². The Bertz CT molecular complexity index is 735. The number of aromatic nitrogens is 1. The molecule has 3 rings (SSSR count). The smallest absolute Gasteiger partial charge is 0.222 e. The third kappa shape index (κ3) is 4.27. The Balaban J connectivity index is 1.65. The van der Waals surface area contributed by atoms with Crippen molar-refractivity contribution in [1.82, 2.24) is 9.88 Å². The fourth-order valence-electron chi connectivity index (χ4n) is 2.77. The summed E-state index contributed by atoms with van der Waals surface area (Å²) >= 11 is 1.53. The summed E-state index contributed by atoms with van der Waals surface area (Å²) in [6.45, 7) is 2.80. The highest BCUT2D eigenvalue weighted by Gasteiger charge is 2.32. The zero-order valence-corrected chi connectivity index (χ0v) is 16.2. The van der Waals surface area contributed by atoms with E-state index in [4.69, 9.17) is 14.2 Å². The number of carbonyl (C=O) groups excluding carboxylic acids is 1. The highest BCUT2D eigenvalue weighted by atomic mass is 32.1. The van der Waals surface area contributed by atoms with Gasteiger partial charge in [0.1, 0.15) is 11.6 Å². The Kier molecular flexibility index (Phi) is 5.98. The normalized spacial score (nSPS) is 13.3. The van der Waals surface area contributed by atoms with E-state index in [2.05, 4.69) is 4.98 Å². The first-order valence-electron chi connectivity index (χ1n) is 8.72. The number of methoxy groups -OCH3 is 2. The molecule has 0 bridgehead atoms. The summed E-state index contributed by atoms with van der Waals surface area (Å²) in [5, 5.41) is 2.85. The summed E-state index contributed by atoms with van der Waals surface area (Å²) in [4.78, 5) is 18.7. The average molecular weight is 376 g/mol. The molecule has 7 heteroatoms. The van der Waals surface area contributed by atoms with E-state index in [9.17, 15) is 4.79 Å². The molecule has 1 aliphatic rings. The standard InChI is InChI=1S/C19H24N2O4S/c1-4-18(22)21(14-8-9-14)10-13-12-26-17(20-13)11-25-19-15(23-2)6-5-7-16(19)24-3/h5-7,12,14H,4,8-11H2,1-3H3. The van der Waals surface area contributed by atoms with Gasteiger partial charge in [-0.25, -0.2) is 4.98 Å². The Morgan fingerprint density at radius 1 is 1.27 bits per heavy atom. The average Bonchev–Trinajstić information content (AvgIpc) is 3.42. The van der Waals surface area contributed by atoms with Crippen LogP contribution in [0.5, 0.6) is 17.2 Å². The van der Waals surface area contributed by atoms with Gasteiger partial charge < -0.3 is 19.1 Å². The van der Waals surface area contributed by atoms with Crippen molar-refractivity contribution in [2.24, 2.45) is 0 Å². The van der Waals surface area contributed by atoms with Crippen LogP contribution in [0.3, 0.4) is 0 Å². The van der Waals surface area contributed by atoms with Crippen LogP contribution in [0.15, 0.2) is 23.6 Å². The van der Waals surface area contributed by atoms with Gasteiger partial charge in [-0.3, -0.25) is 4.79 Å². The molecule has 0 radical (unpaired) electrons. The van der Waals surface area contributed by atoms with Crippen LogP contribution in [0.1, 0.15) is 36.9 Å². The van der Waals surface area contributed by atoms with Crippen LogP contribution in [0.25, 0.3) is 0 Å². The molecular formula is C19H24N2O4S. The highest BCUT2D eigenvalue weighted by Crippen LogP contribution is 2.37. The van der Waals surface area contributed by atoms with Crippen molar-refractivity contribution >= 4 is 17.2 Å². The second-order valence-corrected chi connectivity index (χ2v) is 7.06. The molecule has 0 aliphatic heterocycles. The number of thiazole rings is 1. The lowest BCUT2D eigenvalue weighted by molar-refractivity contribution is -0.132. The van der Waals surface area contributed by atoms with Crippen molar-refractivity contribution in [3.05, 3.63) is 34.3 Å². The number of carbonyl (C=O) groups is 1. The van der Waals surface area contributed by atoms with E-state index in [1.165, 1.54) is 11.3 Å². The van der Waals surface area contributed by atoms with E-state index < -0.39 is 0 Å². The molecular weight excluding hydrogens is 352 g/mol. The first-order chi connectivity index (χ1) is 12.7. The van der Waals surface area contributed by atoms with Crippen LogP contribution in [-0.2, 0) is 17.9 Å². The maximum Gasteiger partial charge on any atom is 0.222 e. The van der Waals surface area contributed by atoms with Crippen LogP contribution in [0, 0.1) is 0 Å². The molecule has 1 fully saturated rings. The van der Waals surface area contributed by atoms with Gasteiger partial charge in [-0.05, 0) is 25.0 Å². The zero-order chi connectivity index (χ0) is 18.5. The number of amides is 1. The van der Waals surface area contributed by atoms with Gasteiger partial charge in [0, 0.05) is 17.8 Å². The predicted molar refractivity (Wildman–Crippen MR) is 99.9 cm³/mol. The van der Waals surface area contributed by atoms with Crippen molar-refractivity contribution < 1.29 is 19.0 Å². The minimum Gasteiger partial charge on any atom is -0.493 e. The monoisotopic (exact) mass is 376 g/mol. The molecule has 1 aromatic carbocycles. The first-order valence-corrected chi connectivity index (χ1v) is 9.60. The molecule has 0 atom stereocenters. The number of para-hydroxylation sites is 1. The lowest BCUT2D eigenvalue weighted by Gasteiger charge is -2.20. The minimum atomic E-state index is 0.192. The third-order valence-corrected chi connectivity index (χ3v) is 5.14. The van der Waals surface area contributed by atoms with Gasteiger partial charge in [-0.2, -0.15) is 0 Å². The van der Waals surface area contributed by atoms with Gasteiger partial charge in [0.05, 0.1) is 26.5 Å². The lowest BCUT2D eigenvalue weighted by atomic mass is 10.3. The quantitative estimate of drug-likeness (QED) is 0.669. The van der Waals surface area contributed by atoms with Gasteiger partial charge in [-0.15, -0.1) is 11.3 Å². The molecule has 1 heterocycles. The molecule has 6 nitrogen and oxygen atoms in total. The predicted octanol–water partition coefficient (Wildman–Crippen LogP) is 3.64. The molecule has 1 amide bonds. The minimum absolute atomic E-state index is 0.192. The lowest BCUT2D eigenvalue weighted by Crippen LogP contribution is -2.32. The van der Waals surface area contributed by atoms with Gasteiger partial charge in [0.2, 0.25) is 11.7 Å². The molecule has 2 aromatic rings. The Morgan fingerprint density at radius 3 is 2.54 bits per heavy atom. The van der Waals surface area contributed by atoms with Gasteiger partial charge >= 0.3 is 0 Å².